The maximum atomic E-state index is 5.90. The average Bonchev–Trinajstić information content (AvgIpc) is 2.39. The third-order valence-electron chi connectivity index (χ3n) is 3.37. The molecule has 2 aromatic carbocycles. The van der Waals surface area contributed by atoms with Gasteiger partial charge in [0.05, 0.1) is 0 Å². The number of hydrogen-bond acceptors (Lipinski definition) is 2. The summed E-state index contributed by atoms with van der Waals surface area (Å²) in [6.45, 7) is 6.75. The van der Waals surface area contributed by atoms with Gasteiger partial charge in [-0.25, -0.2) is 0 Å². The van der Waals surface area contributed by atoms with E-state index >= 15 is 0 Å². The van der Waals surface area contributed by atoms with E-state index in [0.717, 1.165) is 16.9 Å². The molecule has 19 heavy (non-hydrogen) atoms. The van der Waals surface area contributed by atoms with E-state index in [4.69, 9.17) is 10.5 Å². The normalized spacial score (nSPS) is 12.2. The minimum atomic E-state index is 0.0594. The van der Waals surface area contributed by atoms with Crippen molar-refractivity contribution in [2.75, 3.05) is 0 Å². The molecule has 1 atom stereocenters. The monoisotopic (exact) mass is 255 g/mol. The summed E-state index contributed by atoms with van der Waals surface area (Å²) in [6, 6.07) is 14.5. The van der Waals surface area contributed by atoms with Gasteiger partial charge in [-0.3, -0.25) is 0 Å². The summed E-state index contributed by atoms with van der Waals surface area (Å²) in [5.74, 6) is 0.924. The average molecular weight is 255 g/mol. The van der Waals surface area contributed by atoms with Crippen LogP contribution in [0.3, 0.4) is 0 Å². The van der Waals surface area contributed by atoms with Crippen molar-refractivity contribution < 1.29 is 4.74 Å². The Balaban J connectivity index is 2.10. The largest absolute Gasteiger partial charge is 0.489 e. The molecule has 0 heterocycles. The first kappa shape index (κ1) is 13.6. The van der Waals surface area contributed by atoms with Gasteiger partial charge in [0.15, 0.2) is 0 Å². The Labute approximate surface area is 115 Å². The molecule has 0 radical (unpaired) electrons. The fourth-order valence-electron chi connectivity index (χ4n) is 2.05. The first-order valence-corrected chi connectivity index (χ1v) is 6.61. The van der Waals surface area contributed by atoms with E-state index in [0.29, 0.717) is 6.61 Å². The van der Waals surface area contributed by atoms with Crippen molar-refractivity contribution in [1.29, 1.82) is 0 Å². The van der Waals surface area contributed by atoms with E-state index in [1.807, 2.05) is 31.2 Å². The molecule has 100 valence electrons. The van der Waals surface area contributed by atoms with Crippen LogP contribution in [0.15, 0.2) is 42.5 Å². The van der Waals surface area contributed by atoms with Crippen LogP contribution in [0.2, 0.25) is 0 Å². The van der Waals surface area contributed by atoms with Gasteiger partial charge >= 0.3 is 0 Å². The van der Waals surface area contributed by atoms with E-state index in [9.17, 15) is 0 Å². The minimum absolute atomic E-state index is 0.0594. The zero-order valence-electron chi connectivity index (χ0n) is 11.8. The SMILES string of the molecule is Cc1ccccc1COc1ccc([C@@H](C)N)cc1C. The molecule has 2 heteroatoms. The third kappa shape index (κ3) is 3.36. The van der Waals surface area contributed by atoms with Gasteiger partial charge in [0.1, 0.15) is 12.4 Å². The van der Waals surface area contributed by atoms with Crippen molar-refractivity contribution in [2.24, 2.45) is 5.73 Å². The van der Waals surface area contributed by atoms with Crippen LogP contribution in [0.5, 0.6) is 5.75 Å². The van der Waals surface area contributed by atoms with Gasteiger partial charge in [-0.15, -0.1) is 0 Å². The fraction of sp³-hybridized carbons (Fsp3) is 0.294. The Kier molecular flexibility index (Phi) is 4.23. The van der Waals surface area contributed by atoms with Crippen molar-refractivity contribution in [3.8, 4) is 5.75 Å². The number of rotatable bonds is 4. The Morgan fingerprint density at radius 3 is 2.42 bits per heavy atom. The lowest BCUT2D eigenvalue weighted by Crippen LogP contribution is -2.05. The minimum Gasteiger partial charge on any atom is -0.489 e. The number of hydrogen-bond donors (Lipinski definition) is 1. The lowest BCUT2D eigenvalue weighted by atomic mass is 10.1. The number of ether oxygens (including phenoxy) is 1. The summed E-state index contributed by atoms with van der Waals surface area (Å²) in [5, 5.41) is 0. The molecule has 0 aliphatic carbocycles. The molecule has 2 N–H and O–H groups in total. The predicted molar refractivity (Wildman–Crippen MR) is 79.3 cm³/mol. The summed E-state index contributed by atoms with van der Waals surface area (Å²) >= 11 is 0. The molecule has 0 amide bonds. The smallest absolute Gasteiger partial charge is 0.122 e. The maximum Gasteiger partial charge on any atom is 0.122 e. The van der Waals surface area contributed by atoms with Gasteiger partial charge in [0.25, 0.3) is 0 Å². The summed E-state index contributed by atoms with van der Waals surface area (Å²) in [4.78, 5) is 0. The molecule has 0 bridgehead atoms. The highest BCUT2D eigenvalue weighted by molar-refractivity contribution is 5.37. The van der Waals surface area contributed by atoms with Crippen LogP contribution >= 0.6 is 0 Å². The molecule has 0 saturated heterocycles. The second-order valence-corrected chi connectivity index (χ2v) is 5.03. The molecule has 2 nitrogen and oxygen atoms in total. The molecule has 2 aromatic rings. The third-order valence-corrected chi connectivity index (χ3v) is 3.37. The Morgan fingerprint density at radius 2 is 1.79 bits per heavy atom. The number of nitrogens with two attached hydrogens (primary N) is 1. The van der Waals surface area contributed by atoms with Crippen LogP contribution < -0.4 is 10.5 Å². The van der Waals surface area contributed by atoms with E-state index in [2.05, 4.69) is 32.0 Å². The molecular formula is C17H21NO. The van der Waals surface area contributed by atoms with Crippen LogP contribution in [0.4, 0.5) is 0 Å². The fourth-order valence-corrected chi connectivity index (χ4v) is 2.05. The van der Waals surface area contributed by atoms with Gasteiger partial charge < -0.3 is 10.5 Å². The maximum absolute atomic E-state index is 5.90. The van der Waals surface area contributed by atoms with Crippen LogP contribution in [0.1, 0.15) is 35.2 Å². The van der Waals surface area contributed by atoms with Crippen molar-refractivity contribution in [2.45, 2.75) is 33.4 Å². The molecule has 0 aromatic heterocycles. The number of benzene rings is 2. The molecule has 0 aliphatic heterocycles. The first-order chi connectivity index (χ1) is 9.08. The lowest BCUT2D eigenvalue weighted by Gasteiger charge is -2.13. The topological polar surface area (TPSA) is 35.2 Å². The van der Waals surface area contributed by atoms with E-state index in [1.54, 1.807) is 0 Å². The standard InChI is InChI=1S/C17H21NO/c1-12-6-4-5-7-16(12)11-19-17-9-8-15(14(3)18)10-13(17)2/h4-10,14H,11,18H2,1-3H3/t14-/m1/s1. The Morgan fingerprint density at radius 1 is 1.05 bits per heavy atom. The quantitative estimate of drug-likeness (QED) is 0.899. The summed E-state index contributed by atoms with van der Waals surface area (Å²) in [6.07, 6.45) is 0. The zero-order chi connectivity index (χ0) is 13.8. The van der Waals surface area contributed by atoms with E-state index in [1.165, 1.54) is 11.1 Å². The van der Waals surface area contributed by atoms with Gasteiger partial charge in [0, 0.05) is 6.04 Å². The highest BCUT2D eigenvalue weighted by Crippen LogP contribution is 2.23. The van der Waals surface area contributed by atoms with Crippen molar-refractivity contribution in [3.05, 3.63) is 64.7 Å². The van der Waals surface area contributed by atoms with Crippen LogP contribution in [-0.4, -0.2) is 0 Å². The Hall–Kier alpha value is -1.80. The molecule has 0 spiro atoms. The van der Waals surface area contributed by atoms with E-state index in [-0.39, 0.29) is 6.04 Å². The molecule has 0 saturated carbocycles. The van der Waals surface area contributed by atoms with Crippen LogP contribution in [-0.2, 0) is 6.61 Å². The van der Waals surface area contributed by atoms with Crippen molar-refractivity contribution in [3.63, 3.8) is 0 Å². The molecule has 2 rings (SSSR count). The molecule has 0 fully saturated rings. The van der Waals surface area contributed by atoms with Gasteiger partial charge in [0.2, 0.25) is 0 Å². The van der Waals surface area contributed by atoms with Gasteiger partial charge in [-0.2, -0.15) is 0 Å². The second kappa shape index (κ2) is 5.89. The molecule has 0 unspecified atom stereocenters. The highest BCUT2D eigenvalue weighted by Gasteiger charge is 2.05. The van der Waals surface area contributed by atoms with Crippen LogP contribution in [0.25, 0.3) is 0 Å². The van der Waals surface area contributed by atoms with Crippen molar-refractivity contribution in [1.82, 2.24) is 0 Å². The predicted octanol–water partition coefficient (Wildman–Crippen LogP) is 3.90. The number of aryl methyl sites for hydroxylation is 2. The van der Waals surface area contributed by atoms with Gasteiger partial charge in [-0.1, -0.05) is 36.4 Å². The highest BCUT2D eigenvalue weighted by atomic mass is 16.5. The molecule has 0 aliphatic rings. The first-order valence-electron chi connectivity index (χ1n) is 6.61. The van der Waals surface area contributed by atoms with Crippen molar-refractivity contribution >= 4 is 0 Å². The summed E-state index contributed by atoms with van der Waals surface area (Å²) in [7, 11) is 0. The van der Waals surface area contributed by atoms with E-state index < -0.39 is 0 Å². The molecular weight excluding hydrogens is 234 g/mol. The van der Waals surface area contributed by atoms with Crippen LogP contribution in [0, 0.1) is 13.8 Å². The summed E-state index contributed by atoms with van der Waals surface area (Å²) in [5.41, 5.74) is 10.6. The lowest BCUT2D eigenvalue weighted by molar-refractivity contribution is 0.303. The summed E-state index contributed by atoms with van der Waals surface area (Å²) < 4.78 is 5.90. The Bertz CT molecular complexity index is 561. The van der Waals surface area contributed by atoms with Gasteiger partial charge in [-0.05, 0) is 49.1 Å². The zero-order valence-corrected chi connectivity index (χ0v) is 11.8. The second-order valence-electron chi connectivity index (χ2n) is 5.03.